The minimum Gasteiger partial charge on any atom is -0.402 e. The smallest absolute Gasteiger partial charge is 0.363 e. The molecule has 2 aromatic carbocycles. The lowest BCUT2D eigenvalue weighted by Crippen LogP contribution is -2.21. The van der Waals surface area contributed by atoms with Gasteiger partial charge in [-0.1, -0.05) is 28.1 Å². The molecule has 0 spiro atoms. The first-order valence-corrected chi connectivity index (χ1v) is 9.03. The van der Waals surface area contributed by atoms with E-state index < -0.39 is 5.97 Å². The second kappa shape index (κ2) is 7.66. The quantitative estimate of drug-likeness (QED) is 0.544. The van der Waals surface area contributed by atoms with Crippen LogP contribution in [0.25, 0.3) is 6.08 Å². The molecule has 3 rings (SSSR count). The number of rotatable bonds is 5. The van der Waals surface area contributed by atoms with Gasteiger partial charge >= 0.3 is 5.97 Å². The first-order chi connectivity index (χ1) is 12.1. The predicted octanol–water partition coefficient (Wildman–Crippen LogP) is 4.64. The molecular formula is C20H19BrN2O2. The summed E-state index contributed by atoms with van der Waals surface area (Å²) in [7, 11) is 0. The maximum Gasteiger partial charge on any atom is 0.363 e. The monoisotopic (exact) mass is 398 g/mol. The van der Waals surface area contributed by atoms with E-state index in [2.05, 4.69) is 51.8 Å². The van der Waals surface area contributed by atoms with E-state index in [0.717, 1.165) is 28.7 Å². The van der Waals surface area contributed by atoms with E-state index in [-0.39, 0.29) is 0 Å². The van der Waals surface area contributed by atoms with Crippen molar-refractivity contribution in [2.45, 2.75) is 13.8 Å². The molecule has 0 atom stereocenters. The van der Waals surface area contributed by atoms with Gasteiger partial charge in [-0.15, -0.1) is 0 Å². The Balaban J connectivity index is 1.83. The molecule has 5 heteroatoms. The summed E-state index contributed by atoms with van der Waals surface area (Å²) in [5.41, 5.74) is 3.18. The highest BCUT2D eigenvalue weighted by Crippen LogP contribution is 2.22. The zero-order valence-corrected chi connectivity index (χ0v) is 15.8. The summed E-state index contributed by atoms with van der Waals surface area (Å²) in [5, 5.41) is 0. The van der Waals surface area contributed by atoms with Crippen LogP contribution in [0.5, 0.6) is 0 Å². The van der Waals surface area contributed by atoms with Gasteiger partial charge < -0.3 is 9.64 Å². The summed E-state index contributed by atoms with van der Waals surface area (Å²) in [4.78, 5) is 18.7. The second-order valence-electron chi connectivity index (χ2n) is 5.61. The molecule has 4 nitrogen and oxygen atoms in total. The van der Waals surface area contributed by atoms with E-state index in [1.54, 1.807) is 6.08 Å². The van der Waals surface area contributed by atoms with Gasteiger partial charge in [0.25, 0.3) is 0 Å². The summed E-state index contributed by atoms with van der Waals surface area (Å²) in [6, 6.07) is 15.6. The van der Waals surface area contributed by atoms with Crippen LogP contribution >= 0.6 is 15.9 Å². The number of carbonyl (C=O) groups is 1. The van der Waals surface area contributed by atoms with Crippen molar-refractivity contribution in [3.05, 3.63) is 69.8 Å². The molecule has 1 aliphatic rings. The Morgan fingerprint density at radius 1 is 1.04 bits per heavy atom. The van der Waals surface area contributed by atoms with Crippen molar-refractivity contribution in [1.82, 2.24) is 0 Å². The molecule has 0 aromatic heterocycles. The molecule has 0 radical (unpaired) electrons. The van der Waals surface area contributed by atoms with E-state index in [0.29, 0.717) is 11.6 Å². The maximum absolute atomic E-state index is 12.1. The minimum atomic E-state index is -0.425. The molecule has 2 aromatic rings. The number of carbonyl (C=O) groups excluding carboxylic acids is 1. The molecule has 0 N–H and O–H groups in total. The zero-order chi connectivity index (χ0) is 17.8. The number of esters is 1. The van der Waals surface area contributed by atoms with E-state index in [4.69, 9.17) is 4.74 Å². The predicted molar refractivity (Wildman–Crippen MR) is 105 cm³/mol. The molecular weight excluding hydrogens is 380 g/mol. The number of aliphatic imine (C=N–C) groups is 1. The summed E-state index contributed by atoms with van der Waals surface area (Å²) in [5.74, 6) is -0.0887. The van der Waals surface area contributed by atoms with Gasteiger partial charge in [0, 0.05) is 28.8 Å². The van der Waals surface area contributed by atoms with Gasteiger partial charge in [0.1, 0.15) is 0 Å². The molecule has 0 saturated carbocycles. The van der Waals surface area contributed by atoms with Crippen LogP contribution in [0, 0.1) is 0 Å². The number of ether oxygens (including phenoxy) is 1. The van der Waals surface area contributed by atoms with Gasteiger partial charge in [0.2, 0.25) is 5.90 Å². The van der Waals surface area contributed by atoms with E-state index in [1.165, 1.54) is 5.69 Å². The fraction of sp³-hybridized carbons (Fsp3) is 0.200. The SMILES string of the molecule is CCN(CC)c1ccc(/C=C2\N=C(c3ccc(Br)cc3)OC2=O)cc1. The van der Waals surface area contributed by atoms with Gasteiger partial charge in [-0.3, -0.25) is 0 Å². The Bertz CT molecular complexity index is 820. The minimum absolute atomic E-state index is 0.313. The Kier molecular flexibility index (Phi) is 5.34. The van der Waals surface area contributed by atoms with Gasteiger partial charge in [0.05, 0.1) is 0 Å². The fourth-order valence-corrected chi connectivity index (χ4v) is 2.92. The van der Waals surface area contributed by atoms with Crippen LogP contribution < -0.4 is 4.90 Å². The van der Waals surface area contributed by atoms with Gasteiger partial charge in [-0.2, -0.15) is 0 Å². The third-order valence-electron chi connectivity index (χ3n) is 4.04. The van der Waals surface area contributed by atoms with Crippen LogP contribution in [0.2, 0.25) is 0 Å². The number of anilines is 1. The largest absolute Gasteiger partial charge is 0.402 e. The number of halogens is 1. The lowest BCUT2D eigenvalue weighted by atomic mass is 10.1. The van der Waals surface area contributed by atoms with Crippen LogP contribution in [0.4, 0.5) is 5.69 Å². The Labute approximate surface area is 156 Å². The van der Waals surface area contributed by atoms with Crippen molar-refractivity contribution in [1.29, 1.82) is 0 Å². The number of benzene rings is 2. The number of hydrogen-bond acceptors (Lipinski definition) is 4. The highest BCUT2D eigenvalue weighted by Gasteiger charge is 2.24. The van der Waals surface area contributed by atoms with Crippen molar-refractivity contribution < 1.29 is 9.53 Å². The first-order valence-electron chi connectivity index (χ1n) is 8.24. The van der Waals surface area contributed by atoms with Crippen molar-refractivity contribution in [2.75, 3.05) is 18.0 Å². The van der Waals surface area contributed by atoms with Crippen LogP contribution in [-0.2, 0) is 9.53 Å². The Morgan fingerprint density at radius 3 is 2.28 bits per heavy atom. The second-order valence-corrected chi connectivity index (χ2v) is 6.52. The molecule has 0 amide bonds. The van der Waals surface area contributed by atoms with Crippen LogP contribution in [-0.4, -0.2) is 25.0 Å². The van der Waals surface area contributed by atoms with Crippen LogP contribution in [0.15, 0.2) is 63.7 Å². The molecule has 0 bridgehead atoms. The van der Waals surface area contributed by atoms with Gasteiger partial charge in [-0.25, -0.2) is 9.79 Å². The van der Waals surface area contributed by atoms with Crippen molar-refractivity contribution in [2.24, 2.45) is 4.99 Å². The van der Waals surface area contributed by atoms with E-state index >= 15 is 0 Å². The molecule has 1 aliphatic heterocycles. The molecule has 1 heterocycles. The maximum atomic E-state index is 12.1. The number of cyclic esters (lactones) is 1. The third-order valence-corrected chi connectivity index (χ3v) is 4.57. The van der Waals surface area contributed by atoms with Gasteiger partial charge in [-0.05, 0) is 61.9 Å². The third kappa shape index (κ3) is 3.99. The molecule has 25 heavy (non-hydrogen) atoms. The van der Waals surface area contributed by atoms with E-state index in [1.807, 2.05) is 36.4 Å². The highest BCUT2D eigenvalue weighted by atomic mass is 79.9. The normalized spacial score (nSPS) is 15.2. The Morgan fingerprint density at radius 2 is 1.68 bits per heavy atom. The number of hydrogen-bond donors (Lipinski definition) is 0. The molecule has 0 fully saturated rings. The topological polar surface area (TPSA) is 41.9 Å². The number of nitrogens with zero attached hydrogens (tertiary/aromatic N) is 2. The molecule has 0 unspecified atom stereocenters. The molecule has 128 valence electrons. The zero-order valence-electron chi connectivity index (χ0n) is 14.2. The molecule has 0 aliphatic carbocycles. The lowest BCUT2D eigenvalue weighted by molar-refractivity contribution is -0.129. The van der Waals surface area contributed by atoms with Crippen molar-refractivity contribution in [3.8, 4) is 0 Å². The fourth-order valence-electron chi connectivity index (χ4n) is 2.65. The van der Waals surface area contributed by atoms with Gasteiger partial charge in [0.15, 0.2) is 5.70 Å². The van der Waals surface area contributed by atoms with Crippen LogP contribution in [0.3, 0.4) is 0 Å². The highest BCUT2D eigenvalue weighted by molar-refractivity contribution is 9.10. The average molecular weight is 399 g/mol. The summed E-state index contributed by atoms with van der Waals surface area (Å²) in [6.45, 7) is 6.19. The summed E-state index contributed by atoms with van der Waals surface area (Å²) < 4.78 is 6.25. The first kappa shape index (κ1) is 17.4. The molecule has 0 saturated heterocycles. The lowest BCUT2D eigenvalue weighted by Gasteiger charge is -2.20. The van der Waals surface area contributed by atoms with Crippen LogP contribution in [0.1, 0.15) is 25.0 Å². The van der Waals surface area contributed by atoms with E-state index in [9.17, 15) is 4.79 Å². The Hall–Kier alpha value is -2.40. The average Bonchev–Trinajstić information content (AvgIpc) is 2.99. The van der Waals surface area contributed by atoms with Crippen molar-refractivity contribution in [3.63, 3.8) is 0 Å². The van der Waals surface area contributed by atoms with Crippen molar-refractivity contribution >= 4 is 39.6 Å². The summed E-state index contributed by atoms with van der Waals surface area (Å²) in [6.07, 6.45) is 1.75. The summed E-state index contributed by atoms with van der Waals surface area (Å²) >= 11 is 3.39. The standard InChI is InChI=1S/C20H19BrN2O2/c1-3-23(4-2)17-11-5-14(6-12-17)13-18-20(24)25-19(22-18)15-7-9-16(21)10-8-15/h5-13H,3-4H2,1-2H3/b18-13-.